The first-order valence-corrected chi connectivity index (χ1v) is 5.09. The van der Waals surface area contributed by atoms with Crippen LogP contribution in [0.4, 0.5) is 5.82 Å². The number of anilines is 1. The van der Waals surface area contributed by atoms with Gasteiger partial charge in [0.1, 0.15) is 5.82 Å². The van der Waals surface area contributed by atoms with Crippen molar-refractivity contribution < 1.29 is 9.90 Å². The maximum absolute atomic E-state index is 11.7. The minimum Gasteiger partial charge on any atom is -0.394 e. The quantitative estimate of drug-likeness (QED) is 0.768. The second-order valence-corrected chi connectivity index (χ2v) is 3.85. The lowest BCUT2D eigenvalue weighted by Crippen LogP contribution is -2.35. The van der Waals surface area contributed by atoms with Crippen LogP contribution < -0.4 is 10.2 Å². The lowest BCUT2D eigenvalue weighted by Gasteiger charge is -2.13. The van der Waals surface area contributed by atoms with Crippen LogP contribution in [0.25, 0.3) is 0 Å². The Morgan fingerprint density at radius 1 is 1.62 bits per heavy atom. The van der Waals surface area contributed by atoms with Crippen molar-refractivity contribution in [1.82, 2.24) is 10.3 Å². The molecule has 1 aromatic heterocycles. The van der Waals surface area contributed by atoms with Crippen molar-refractivity contribution in [3.05, 3.63) is 23.9 Å². The zero-order chi connectivity index (χ0) is 12.1. The molecular formula is C11H17N3O2. The Labute approximate surface area is 95.1 Å². The van der Waals surface area contributed by atoms with Gasteiger partial charge >= 0.3 is 0 Å². The normalized spacial score (nSPS) is 12.0. The van der Waals surface area contributed by atoms with Crippen LogP contribution in [-0.4, -0.2) is 42.7 Å². The van der Waals surface area contributed by atoms with Crippen molar-refractivity contribution >= 4 is 11.7 Å². The molecule has 0 fully saturated rings. The highest BCUT2D eigenvalue weighted by Gasteiger charge is 2.10. The number of aromatic nitrogens is 1. The van der Waals surface area contributed by atoms with Gasteiger partial charge in [-0.2, -0.15) is 0 Å². The lowest BCUT2D eigenvalue weighted by molar-refractivity contribution is 0.0922. The van der Waals surface area contributed by atoms with Crippen LogP contribution in [0.15, 0.2) is 18.3 Å². The van der Waals surface area contributed by atoms with E-state index in [1.807, 2.05) is 19.0 Å². The number of amides is 1. The summed E-state index contributed by atoms with van der Waals surface area (Å²) in [5.74, 6) is 0.524. The summed E-state index contributed by atoms with van der Waals surface area (Å²) in [4.78, 5) is 17.7. The van der Waals surface area contributed by atoms with Crippen molar-refractivity contribution in [2.45, 2.75) is 13.0 Å². The van der Waals surface area contributed by atoms with E-state index >= 15 is 0 Å². The molecule has 1 aromatic rings. The predicted octanol–water partition coefficient (Wildman–Crippen LogP) is 0.258. The molecule has 0 spiro atoms. The molecule has 2 N–H and O–H groups in total. The Kier molecular flexibility index (Phi) is 4.25. The van der Waals surface area contributed by atoms with E-state index in [1.165, 1.54) is 0 Å². The largest absolute Gasteiger partial charge is 0.394 e. The number of carbonyl (C=O) groups is 1. The van der Waals surface area contributed by atoms with Gasteiger partial charge < -0.3 is 15.3 Å². The Morgan fingerprint density at radius 2 is 2.31 bits per heavy atom. The Morgan fingerprint density at radius 3 is 2.88 bits per heavy atom. The molecule has 16 heavy (non-hydrogen) atoms. The Bertz CT molecular complexity index is 366. The monoisotopic (exact) mass is 223 g/mol. The minimum atomic E-state index is -0.247. The summed E-state index contributed by atoms with van der Waals surface area (Å²) < 4.78 is 0. The first kappa shape index (κ1) is 12.4. The SMILES string of the molecule is C[C@H](CO)NC(=O)c1ccnc(N(C)C)c1. The Hall–Kier alpha value is -1.62. The van der Waals surface area contributed by atoms with Crippen molar-refractivity contribution in [1.29, 1.82) is 0 Å². The van der Waals surface area contributed by atoms with Crippen molar-refractivity contribution in [3.8, 4) is 0 Å². The summed E-state index contributed by atoms with van der Waals surface area (Å²) in [5, 5.41) is 11.5. The lowest BCUT2D eigenvalue weighted by atomic mass is 10.2. The maximum Gasteiger partial charge on any atom is 0.251 e. The molecule has 0 unspecified atom stereocenters. The smallest absolute Gasteiger partial charge is 0.251 e. The molecule has 0 aromatic carbocycles. The fraction of sp³-hybridized carbons (Fsp3) is 0.455. The summed E-state index contributed by atoms with van der Waals surface area (Å²) >= 11 is 0. The predicted molar refractivity (Wildman–Crippen MR) is 62.6 cm³/mol. The average molecular weight is 223 g/mol. The van der Waals surface area contributed by atoms with Gasteiger partial charge in [-0.1, -0.05) is 0 Å². The third kappa shape index (κ3) is 3.20. The fourth-order valence-electron chi connectivity index (χ4n) is 1.16. The summed E-state index contributed by atoms with van der Waals surface area (Å²) in [6.07, 6.45) is 1.59. The average Bonchev–Trinajstić information content (AvgIpc) is 2.28. The molecule has 0 radical (unpaired) electrons. The molecule has 1 heterocycles. The second kappa shape index (κ2) is 5.46. The van der Waals surface area contributed by atoms with Crippen molar-refractivity contribution in [2.75, 3.05) is 25.6 Å². The molecule has 0 aliphatic carbocycles. The van der Waals surface area contributed by atoms with Gasteiger partial charge in [-0.3, -0.25) is 4.79 Å². The third-order valence-corrected chi connectivity index (χ3v) is 2.12. The van der Waals surface area contributed by atoms with Gasteiger partial charge in [0, 0.05) is 31.9 Å². The van der Waals surface area contributed by atoms with Gasteiger partial charge in [0.25, 0.3) is 5.91 Å². The van der Waals surface area contributed by atoms with Gasteiger partial charge in [0.2, 0.25) is 0 Å². The zero-order valence-electron chi connectivity index (χ0n) is 9.77. The van der Waals surface area contributed by atoms with Crippen LogP contribution >= 0.6 is 0 Å². The number of rotatable bonds is 4. The summed E-state index contributed by atoms with van der Waals surface area (Å²) in [7, 11) is 3.72. The van der Waals surface area contributed by atoms with Crippen LogP contribution in [0.2, 0.25) is 0 Å². The van der Waals surface area contributed by atoms with E-state index in [0.29, 0.717) is 5.56 Å². The summed E-state index contributed by atoms with van der Waals surface area (Å²) in [5.41, 5.74) is 0.541. The number of nitrogens with one attached hydrogen (secondary N) is 1. The molecule has 5 heteroatoms. The number of hydrogen-bond donors (Lipinski definition) is 2. The van der Waals surface area contributed by atoms with Gasteiger partial charge in [0.05, 0.1) is 6.61 Å². The van der Waals surface area contributed by atoms with E-state index in [-0.39, 0.29) is 18.6 Å². The number of hydrogen-bond acceptors (Lipinski definition) is 4. The van der Waals surface area contributed by atoms with Crippen molar-refractivity contribution in [3.63, 3.8) is 0 Å². The molecule has 0 bridgehead atoms. The molecule has 1 amide bonds. The molecule has 5 nitrogen and oxygen atoms in total. The van der Waals surface area contributed by atoms with E-state index < -0.39 is 0 Å². The molecule has 0 aliphatic heterocycles. The topological polar surface area (TPSA) is 65.5 Å². The highest BCUT2D eigenvalue weighted by atomic mass is 16.3. The van der Waals surface area contributed by atoms with E-state index in [9.17, 15) is 4.79 Å². The minimum absolute atomic E-state index is 0.0721. The van der Waals surface area contributed by atoms with E-state index in [1.54, 1.807) is 25.3 Å². The van der Waals surface area contributed by atoms with E-state index in [4.69, 9.17) is 5.11 Å². The standard InChI is InChI=1S/C11H17N3O2/c1-8(7-15)13-11(16)9-4-5-12-10(6-9)14(2)3/h4-6,8,15H,7H2,1-3H3,(H,13,16)/t8-/m1/s1. The maximum atomic E-state index is 11.7. The summed E-state index contributed by atoms with van der Waals surface area (Å²) in [6, 6.07) is 3.11. The fourth-order valence-corrected chi connectivity index (χ4v) is 1.16. The third-order valence-electron chi connectivity index (χ3n) is 2.12. The van der Waals surface area contributed by atoms with Crippen LogP contribution in [0.3, 0.4) is 0 Å². The number of carbonyl (C=O) groups excluding carboxylic acids is 1. The van der Waals surface area contributed by atoms with Gasteiger partial charge in [-0.05, 0) is 19.1 Å². The first-order valence-electron chi connectivity index (χ1n) is 5.09. The van der Waals surface area contributed by atoms with Crippen LogP contribution in [-0.2, 0) is 0 Å². The van der Waals surface area contributed by atoms with Gasteiger partial charge in [-0.25, -0.2) is 4.98 Å². The molecule has 88 valence electrons. The van der Waals surface area contributed by atoms with Crippen LogP contribution in [0, 0.1) is 0 Å². The summed E-state index contributed by atoms with van der Waals surface area (Å²) in [6.45, 7) is 1.67. The molecule has 1 rings (SSSR count). The number of aliphatic hydroxyl groups is 1. The number of pyridine rings is 1. The molecule has 0 saturated carbocycles. The molecule has 0 aliphatic rings. The van der Waals surface area contributed by atoms with Crippen molar-refractivity contribution in [2.24, 2.45) is 0 Å². The highest BCUT2D eigenvalue weighted by molar-refractivity contribution is 5.94. The number of nitrogens with zero attached hydrogens (tertiary/aromatic N) is 2. The molecular weight excluding hydrogens is 206 g/mol. The van der Waals surface area contributed by atoms with E-state index in [2.05, 4.69) is 10.3 Å². The van der Waals surface area contributed by atoms with Gasteiger partial charge in [-0.15, -0.1) is 0 Å². The van der Waals surface area contributed by atoms with Crippen LogP contribution in [0.1, 0.15) is 17.3 Å². The van der Waals surface area contributed by atoms with Crippen LogP contribution in [0.5, 0.6) is 0 Å². The molecule has 0 saturated heterocycles. The van der Waals surface area contributed by atoms with E-state index in [0.717, 1.165) is 5.82 Å². The zero-order valence-corrected chi connectivity index (χ0v) is 9.77. The Balaban J connectivity index is 2.79. The van der Waals surface area contributed by atoms with Gasteiger partial charge in [0.15, 0.2) is 0 Å². The first-order chi connectivity index (χ1) is 7.54. The second-order valence-electron chi connectivity index (χ2n) is 3.85. The highest BCUT2D eigenvalue weighted by Crippen LogP contribution is 2.09. The number of aliphatic hydroxyl groups excluding tert-OH is 1. The molecule has 1 atom stereocenters.